The average molecular weight is 331 g/mol. The SMILES string of the molecule is O=Cc1cc(Cl)ccc1OC(=O)[C@@H]1Cc2ccccc2C(=O)O1. The smallest absolute Gasteiger partial charge is 0.353 e. The Labute approximate surface area is 136 Å². The average Bonchev–Trinajstić information content (AvgIpc) is 2.56. The molecule has 0 saturated heterocycles. The van der Waals surface area contributed by atoms with Gasteiger partial charge in [-0.05, 0) is 29.8 Å². The van der Waals surface area contributed by atoms with Crippen molar-refractivity contribution in [1.82, 2.24) is 0 Å². The number of hydrogen-bond donors (Lipinski definition) is 0. The van der Waals surface area contributed by atoms with Gasteiger partial charge >= 0.3 is 11.9 Å². The first kappa shape index (κ1) is 15.2. The second kappa shape index (κ2) is 6.22. The van der Waals surface area contributed by atoms with Gasteiger partial charge < -0.3 is 9.47 Å². The molecule has 1 atom stereocenters. The van der Waals surface area contributed by atoms with Gasteiger partial charge in [-0.2, -0.15) is 0 Å². The molecule has 0 aliphatic carbocycles. The van der Waals surface area contributed by atoms with Crippen LogP contribution in [0.5, 0.6) is 5.75 Å². The van der Waals surface area contributed by atoms with Crippen LogP contribution in [0.1, 0.15) is 26.3 Å². The first-order valence-corrected chi connectivity index (χ1v) is 7.21. The number of carbonyl (C=O) groups is 3. The maximum absolute atomic E-state index is 12.2. The molecule has 1 heterocycles. The minimum Gasteiger partial charge on any atom is -0.446 e. The highest BCUT2D eigenvalue weighted by molar-refractivity contribution is 6.30. The fourth-order valence-electron chi connectivity index (χ4n) is 2.34. The molecule has 0 N–H and O–H groups in total. The number of esters is 2. The first-order chi connectivity index (χ1) is 11.1. The van der Waals surface area contributed by atoms with Crippen LogP contribution in [0.4, 0.5) is 0 Å². The molecule has 5 nitrogen and oxygen atoms in total. The van der Waals surface area contributed by atoms with Gasteiger partial charge in [0.2, 0.25) is 6.10 Å². The molecule has 0 radical (unpaired) electrons. The topological polar surface area (TPSA) is 69.7 Å². The molecule has 0 saturated carbocycles. The third kappa shape index (κ3) is 3.10. The van der Waals surface area contributed by atoms with Crippen LogP contribution in [-0.4, -0.2) is 24.3 Å². The van der Waals surface area contributed by atoms with Gasteiger partial charge in [-0.15, -0.1) is 0 Å². The van der Waals surface area contributed by atoms with Gasteiger partial charge in [-0.1, -0.05) is 29.8 Å². The van der Waals surface area contributed by atoms with Crippen molar-refractivity contribution in [2.24, 2.45) is 0 Å². The predicted octanol–water partition coefficient (Wildman–Crippen LogP) is 2.84. The van der Waals surface area contributed by atoms with Crippen molar-refractivity contribution in [2.75, 3.05) is 0 Å². The predicted molar refractivity (Wildman–Crippen MR) is 81.8 cm³/mol. The van der Waals surface area contributed by atoms with Gasteiger partial charge in [0.25, 0.3) is 0 Å². The second-order valence-electron chi connectivity index (χ2n) is 4.98. The van der Waals surface area contributed by atoms with Crippen molar-refractivity contribution < 1.29 is 23.9 Å². The maximum atomic E-state index is 12.2. The second-order valence-corrected chi connectivity index (χ2v) is 5.41. The van der Waals surface area contributed by atoms with E-state index in [2.05, 4.69) is 0 Å². The van der Waals surface area contributed by atoms with E-state index in [9.17, 15) is 14.4 Å². The summed E-state index contributed by atoms with van der Waals surface area (Å²) >= 11 is 5.79. The fourth-order valence-corrected chi connectivity index (χ4v) is 2.52. The molecule has 0 unspecified atom stereocenters. The van der Waals surface area contributed by atoms with Crippen LogP contribution in [-0.2, 0) is 16.0 Å². The van der Waals surface area contributed by atoms with E-state index < -0.39 is 18.0 Å². The summed E-state index contributed by atoms with van der Waals surface area (Å²) in [5, 5.41) is 0.352. The van der Waals surface area contributed by atoms with Crippen molar-refractivity contribution in [1.29, 1.82) is 0 Å². The van der Waals surface area contributed by atoms with E-state index in [0.717, 1.165) is 5.56 Å². The van der Waals surface area contributed by atoms with E-state index in [4.69, 9.17) is 21.1 Å². The Morgan fingerprint density at radius 1 is 1.26 bits per heavy atom. The van der Waals surface area contributed by atoms with Gasteiger partial charge in [0.05, 0.1) is 11.1 Å². The lowest BCUT2D eigenvalue weighted by Gasteiger charge is -2.23. The van der Waals surface area contributed by atoms with Crippen LogP contribution in [0.25, 0.3) is 0 Å². The Morgan fingerprint density at radius 2 is 2.04 bits per heavy atom. The lowest BCUT2D eigenvalue weighted by Crippen LogP contribution is -2.37. The Hall–Kier alpha value is -2.66. The van der Waals surface area contributed by atoms with Crippen molar-refractivity contribution in [3.8, 4) is 5.75 Å². The summed E-state index contributed by atoms with van der Waals surface area (Å²) in [5.41, 5.74) is 1.31. The lowest BCUT2D eigenvalue weighted by molar-refractivity contribution is -0.144. The molecule has 116 valence electrons. The number of hydrogen-bond acceptors (Lipinski definition) is 5. The molecule has 0 amide bonds. The molecule has 3 rings (SSSR count). The van der Waals surface area contributed by atoms with Crippen LogP contribution in [0.2, 0.25) is 5.02 Å². The van der Waals surface area contributed by atoms with Gasteiger partial charge in [-0.25, -0.2) is 9.59 Å². The summed E-state index contributed by atoms with van der Waals surface area (Å²) in [6.07, 6.45) is -0.283. The Balaban J connectivity index is 1.80. The molecular weight excluding hydrogens is 320 g/mol. The van der Waals surface area contributed by atoms with Gasteiger partial charge in [0, 0.05) is 11.4 Å². The van der Waals surface area contributed by atoms with Crippen LogP contribution < -0.4 is 4.74 Å². The van der Waals surface area contributed by atoms with Crippen LogP contribution >= 0.6 is 11.6 Å². The van der Waals surface area contributed by atoms with Crippen LogP contribution in [0.3, 0.4) is 0 Å². The molecule has 1 aliphatic rings. The normalized spacial score (nSPS) is 16.2. The highest BCUT2D eigenvalue weighted by Crippen LogP contribution is 2.25. The summed E-state index contributed by atoms with van der Waals surface area (Å²) in [4.78, 5) is 35.2. The Kier molecular flexibility index (Phi) is 4.12. The van der Waals surface area contributed by atoms with Crippen molar-refractivity contribution in [2.45, 2.75) is 12.5 Å². The third-order valence-corrected chi connectivity index (χ3v) is 3.70. The number of carbonyl (C=O) groups excluding carboxylic acids is 3. The number of halogens is 1. The number of cyclic esters (lactones) is 1. The number of rotatable bonds is 3. The van der Waals surface area contributed by atoms with E-state index in [1.807, 2.05) is 0 Å². The van der Waals surface area contributed by atoms with E-state index in [-0.39, 0.29) is 17.7 Å². The monoisotopic (exact) mass is 330 g/mol. The standard InChI is InChI=1S/C17H11ClO5/c18-12-5-6-14(11(7-12)9-19)22-17(21)15-8-10-3-1-2-4-13(10)16(20)23-15/h1-7,9,15H,8H2/t15-/m0/s1. The molecule has 1 aliphatic heterocycles. The summed E-state index contributed by atoms with van der Waals surface area (Å²) < 4.78 is 10.3. The zero-order chi connectivity index (χ0) is 16.4. The summed E-state index contributed by atoms with van der Waals surface area (Å²) in [6.45, 7) is 0. The van der Waals surface area contributed by atoms with Crippen molar-refractivity contribution >= 4 is 29.8 Å². The maximum Gasteiger partial charge on any atom is 0.353 e. The van der Waals surface area contributed by atoms with E-state index >= 15 is 0 Å². The van der Waals surface area contributed by atoms with Crippen LogP contribution in [0, 0.1) is 0 Å². The van der Waals surface area contributed by atoms with E-state index in [1.165, 1.54) is 18.2 Å². The zero-order valence-corrected chi connectivity index (χ0v) is 12.6. The van der Waals surface area contributed by atoms with Gasteiger partial charge in [-0.3, -0.25) is 4.79 Å². The fraction of sp³-hybridized carbons (Fsp3) is 0.118. The van der Waals surface area contributed by atoms with Crippen molar-refractivity contribution in [3.63, 3.8) is 0 Å². The summed E-state index contributed by atoms with van der Waals surface area (Å²) in [5.74, 6) is -1.23. The number of fused-ring (bicyclic) bond motifs is 1. The van der Waals surface area contributed by atoms with E-state index in [0.29, 0.717) is 16.9 Å². The molecule has 23 heavy (non-hydrogen) atoms. The molecule has 2 aromatic rings. The summed E-state index contributed by atoms with van der Waals surface area (Å²) in [6, 6.07) is 11.2. The minimum absolute atomic E-state index is 0.0734. The molecule has 0 bridgehead atoms. The van der Waals surface area contributed by atoms with Crippen LogP contribution in [0.15, 0.2) is 42.5 Å². The van der Waals surface area contributed by atoms with Crippen molar-refractivity contribution in [3.05, 3.63) is 64.2 Å². The third-order valence-electron chi connectivity index (χ3n) is 3.46. The highest BCUT2D eigenvalue weighted by atomic mass is 35.5. The largest absolute Gasteiger partial charge is 0.446 e. The molecule has 6 heteroatoms. The lowest BCUT2D eigenvalue weighted by atomic mass is 9.99. The Morgan fingerprint density at radius 3 is 2.83 bits per heavy atom. The zero-order valence-electron chi connectivity index (χ0n) is 11.8. The Bertz CT molecular complexity index is 799. The van der Waals surface area contributed by atoms with Gasteiger partial charge in [0.1, 0.15) is 5.75 Å². The molecule has 0 aromatic heterocycles. The summed E-state index contributed by atoms with van der Waals surface area (Å²) in [7, 11) is 0. The molecule has 0 spiro atoms. The van der Waals surface area contributed by atoms with E-state index in [1.54, 1.807) is 24.3 Å². The van der Waals surface area contributed by atoms with Gasteiger partial charge in [0.15, 0.2) is 6.29 Å². The minimum atomic E-state index is -1.05. The molecule has 2 aromatic carbocycles. The quantitative estimate of drug-likeness (QED) is 0.491. The molecular formula is C17H11ClO5. The molecule has 0 fully saturated rings. The number of ether oxygens (including phenoxy) is 2. The highest BCUT2D eigenvalue weighted by Gasteiger charge is 2.32. The first-order valence-electron chi connectivity index (χ1n) is 6.84. The number of benzene rings is 2. The number of aldehydes is 1.